The van der Waals surface area contributed by atoms with E-state index in [0.29, 0.717) is 19.4 Å². The van der Waals surface area contributed by atoms with Crippen LogP contribution in [0.1, 0.15) is 30.0 Å². The fraction of sp³-hybridized carbons (Fsp3) is 0.316. The Morgan fingerprint density at radius 1 is 1.18 bits per heavy atom. The maximum atomic E-state index is 12.7. The molecule has 0 aliphatic carbocycles. The lowest BCUT2D eigenvalue weighted by atomic mass is 9.87. The second-order valence-corrected chi connectivity index (χ2v) is 6.19. The molecule has 3 heteroatoms. The number of benzene rings is 2. The molecule has 1 unspecified atom stereocenters. The molecule has 0 spiro atoms. The lowest BCUT2D eigenvalue weighted by Gasteiger charge is -2.38. The van der Waals surface area contributed by atoms with Crippen molar-refractivity contribution >= 4 is 11.6 Å². The van der Waals surface area contributed by atoms with Crippen LogP contribution in [0.3, 0.4) is 0 Å². The lowest BCUT2D eigenvalue weighted by Crippen LogP contribution is -2.42. The quantitative estimate of drug-likeness (QED) is 0.924. The summed E-state index contributed by atoms with van der Waals surface area (Å²) in [4.78, 5) is 14.5. The van der Waals surface area contributed by atoms with Gasteiger partial charge < -0.3 is 10.0 Å². The Bertz CT molecular complexity index is 706. The van der Waals surface area contributed by atoms with Crippen molar-refractivity contribution in [1.82, 2.24) is 0 Å². The van der Waals surface area contributed by atoms with Gasteiger partial charge in [-0.1, -0.05) is 42.5 Å². The topological polar surface area (TPSA) is 40.5 Å². The van der Waals surface area contributed by atoms with Crippen LogP contribution in [0.4, 0.5) is 5.69 Å². The van der Waals surface area contributed by atoms with Gasteiger partial charge in [0.1, 0.15) is 0 Å². The van der Waals surface area contributed by atoms with E-state index < -0.39 is 5.60 Å². The van der Waals surface area contributed by atoms with Crippen LogP contribution in [0.5, 0.6) is 0 Å². The van der Waals surface area contributed by atoms with Crippen molar-refractivity contribution in [3.05, 3.63) is 65.2 Å². The van der Waals surface area contributed by atoms with Crippen LogP contribution in [0, 0.1) is 6.92 Å². The van der Waals surface area contributed by atoms with Gasteiger partial charge in [0.05, 0.1) is 12.0 Å². The SMILES string of the molecule is Cc1ccccc1CC(=O)N1CCC(C)(O)c2ccccc21. The molecule has 1 atom stereocenters. The van der Waals surface area contributed by atoms with Crippen LogP contribution in [0.15, 0.2) is 48.5 Å². The van der Waals surface area contributed by atoms with Gasteiger partial charge in [-0.15, -0.1) is 0 Å². The molecule has 2 aromatic carbocycles. The van der Waals surface area contributed by atoms with Crippen molar-refractivity contribution in [2.45, 2.75) is 32.3 Å². The normalized spacial score (nSPS) is 20.6. The Morgan fingerprint density at radius 2 is 1.86 bits per heavy atom. The summed E-state index contributed by atoms with van der Waals surface area (Å²) in [6.07, 6.45) is 0.951. The molecule has 3 nitrogen and oxygen atoms in total. The third-order valence-electron chi connectivity index (χ3n) is 4.50. The molecule has 0 saturated carbocycles. The Morgan fingerprint density at radius 3 is 2.64 bits per heavy atom. The Labute approximate surface area is 131 Å². The zero-order chi connectivity index (χ0) is 15.7. The molecular formula is C19H21NO2. The monoisotopic (exact) mass is 295 g/mol. The average molecular weight is 295 g/mol. The first-order chi connectivity index (χ1) is 10.5. The second-order valence-electron chi connectivity index (χ2n) is 6.19. The van der Waals surface area contributed by atoms with Crippen molar-refractivity contribution in [3.63, 3.8) is 0 Å². The van der Waals surface area contributed by atoms with E-state index in [0.717, 1.165) is 22.4 Å². The van der Waals surface area contributed by atoms with Gasteiger partial charge in [-0.2, -0.15) is 0 Å². The number of fused-ring (bicyclic) bond motifs is 1. The van der Waals surface area contributed by atoms with E-state index in [2.05, 4.69) is 0 Å². The second kappa shape index (κ2) is 5.58. The minimum Gasteiger partial charge on any atom is -0.385 e. The van der Waals surface area contributed by atoms with E-state index in [-0.39, 0.29) is 5.91 Å². The number of aryl methyl sites for hydroxylation is 1. The number of para-hydroxylation sites is 1. The largest absolute Gasteiger partial charge is 0.385 e. The summed E-state index contributed by atoms with van der Waals surface area (Å²) in [5.74, 6) is 0.0808. The first-order valence-corrected chi connectivity index (χ1v) is 7.66. The van der Waals surface area contributed by atoms with Crippen molar-refractivity contribution in [1.29, 1.82) is 0 Å². The molecule has 22 heavy (non-hydrogen) atoms. The van der Waals surface area contributed by atoms with Gasteiger partial charge in [-0.05, 0) is 37.5 Å². The summed E-state index contributed by atoms with van der Waals surface area (Å²) in [5.41, 5.74) is 2.99. The zero-order valence-electron chi connectivity index (χ0n) is 13.0. The minimum atomic E-state index is -0.865. The Kier molecular flexibility index (Phi) is 3.75. The summed E-state index contributed by atoms with van der Waals surface area (Å²) < 4.78 is 0. The van der Waals surface area contributed by atoms with Gasteiger partial charge in [0.25, 0.3) is 0 Å². The van der Waals surface area contributed by atoms with Gasteiger partial charge in [0.2, 0.25) is 5.91 Å². The predicted molar refractivity (Wildman–Crippen MR) is 87.9 cm³/mol. The van der Waals surface area contributed by atoms with Crippen molar-refractivity contribution in [2.24, 2.45) is 0 Å². The molecule has 0 aromatic heterocycles. The number of aliphatic hydroxyl groups is 1. The summed E-state index contributed by atoms with van der Waals surface area (Å²) in [5, 5.41) is 10.5. The smallest absolute Gasteiger partial charge is 0.231 e. The molecule has 0 fully saturated rings. The van der Waals surface area contributed by atoms with Crippen LogP contribution in [-0.4, -0.2) is 17.6 Å². The minimum absolute atomic E-state index is 0.0808. The number of hydrogen-bond acceptors (Lipinski definition) is 2. The van der Waals surface area contributed by atoms with Gasteiger partial charge in [0, 0.05) is 17.8 Å². The van der Waals surface area contributed by atoms with E-state index in [9.17, 15) is 9.90 Å². The number of amides is 1. The Balaban J connectivity index is 1.90. The zero-order valence-corrected chi connectivity index (χ0v) is 13.0. The van der Waals surface area contributed by atoms with Crippen LogP contribution < -0.4 is 4.90 Å². The number of hydrogen-bond donors (Lipinski definition) is 1. The van der Waals surface area contributed by atoms with Crippen molar-refractivity contribution in [2.75, 3.05) is 11.4 Å². The van der Waals surface area contributed by atoms with E-state index in [4.69, 9.17) is 0 Å². The van der Waals surface area contributed by atoms with Crippen LogP contribution in [-0.2, 0) is 16.8 Å². The van der Waals surface area contributed by atoms with E-state index in [1.54, 1.807) is 4.90 Å². The van der Waals surface area contributed by atoms with Crippen molar-refractivity contribution < 1.29 is 9.90 Å². The highest BCUT2D eigenvalue weighted by Crippen LogP contribution is 2.38. The number of nitrogens with zero attached hydrogens (tertiary/aromatic N) is 1. The standard InChI is InChI=1S/C19H21NO2/c1-14-7-3-4-8-15(14)13-18(21)20-12-11-19(2,22)16-9-5-6-10-17(16)20/h3-10,22H,11-13H2,1-2H3. The first-order valence-electron chi connectivity index (χ1n) is 7.66. The number of carbonyl (C=O) groups excluding carboxylic acids is 1. The lowest BCUT2D eigenvalue weighted by molar-refractivity contribution is -0.118. The summed E-state index contributed by atoms with van der Waals surface area (Å²) in [6.45, 7) is 4.39. The van der Waals surface area contributed by atoms with Crippen molar-refractivity contribution in [3.8, 4) is 0 Å². The Hall–Kier alpha value is -2.13. The van der Waals surface area contributed by atoms with Crippen LogP contribution >= 0.6 is 0 Å². The third-order valence-corrected chi connectivity index (χ3v) is 4.50. The number of rotatable bonds is 2. The molecule has 1 N–H and O–H groups in total. The molecule has 0 saturated heterocycles. The van der Waals surface area contributed by atoms with E-state index in [1.165, 1.54) is 0 Å². The molecule has 0 radical (unpaired) electrons. The maximum absolute atomic E-state index is 12.7. The average Bonchev–Trinajstić information content (AvgIpc) is 2.50. The third kappa shape index (κ3) is 2.64. The highest BCUT2D eigenvalue weighted by atomic mass is 16.3. The summed E-state index contributed by atoms with van der Waals surface area (Å²) >= 11 is 0. The predicted octanol–water partition coefficient (Wildman–Crippen LogP) is 3.18. The number of carbonyl (C=O) groups is 1. The molecule has 2 aromatic rings. The van der Waals surface area contributed by atoms with Crippen LogP contribution in [0.2, 0.25) is 0 Å². The molecule has 3 rings (SSSR count). The van der Waals surface area contributed by atoms with E-state index in [1.807, 2.05) is 62.4 Å². The summed E-state index contributed by atoms with van der Waals surface area (Å²) in [6, 6.07) is 15.6. The molecule has 1 aliphatic rings. The van der Waals surface area contributed by atoms with Gasteiger partial charge in [-0.3, -0.25) is 4.79 Å². The maximum Gasteiger partial charge on any atom is 0.231 e. The molecule has 1 heterocycles. The van der Waals surface area contributed by atoms with Gasteiger partial charge in [-0.25, -0.2) is 0 Å². The molecule has 0 bridgehead atoms. The molecule has 1 aliphatic heterocycles. The highest BCUT2D eigenvalue weighted by molar-refractivity contribution is 5.96. The molecular weight excluding hydrogens is 274 g/mol. The summed E-state index contributed by atoms with van der Waals surface area (Å²) in [7, 11) is 0. The van der Waals surface area contributed by atoms with Gasteiger partial charge in [0.15, 0.2) is 0 Å². The van der Waals surface area contributed by atoms with Gasteiger partial charge >= 0.3 is 0 Å². The fourth-order valence-corrected chi connectivity index (χ4v) is 3.07. The molecule has 1 amide bonds. The van der Waals surface area contributed by atoms with E-state index >= 15 is 0 Å². The number of anilines is 1. The fourth-order valence-electron chi connectivity index (χ4n) is 3.07. The van der Waals surface area contributed by atoms with Crippen LogP contribution in [0.25, 0.3) is 0 Å². The first kappa shape index (κ1) is 14.8. The molecule has 114 valence electrons. The highest BCUT2D eigenvalue weighted by Gasteiger charge is 2.34.